The number of unbranched alkanes of at least 4 members (excludes halogenated alkanes) is 1. The van der Waals surface area contributed by atoms with Crippen molar-refractivity contribution in [3.05, 3.63) is 115 Å². The Hall–Kier alpha value is -4.31. The minimum atomic E-state index is -0.216. The Bertz CT molecular complexity index is 1470. The van der Waals surface area contributed by atoms with Crippen LogP contribution in [-0.4, -0.2) is 12.4 Å². The molecule has 4 heteroatoms. The number of allylic oxidation sites excluding steroid dienone is 3. The van der Waals surface area contributed by atoms with Crippen LogP contribution in [0.25, 0.3) is 27.7 Å². The summed E-state index contributed by atoms with van der Waals surface area (Å²) in [5.74, 6) is 1.91. The molecule has 0 unspecified atom stereocenters. The molecule has 4 aromatic rings. The van der Waals surface area contributed by atoms with Crippen molar-refractivity contribution in [3.8, 4) is 22.6 Å². The number of hydrogen-bond acceptors (Lipinski definition) is 4. The van der Waals surface area contributed by atoms with Gasteiger partial charge in [-0.2, -0.15) is 0 Å². The van der Waals surface area contributed by atoms with Gasteiger partial charge in [-0.05, 0) is 61.2 Å². The smallest absolute Gasteiger partial charge is 0.229 e. The van der Waals surface area contributed by atoms with Crippen LogP contribution in [0.15, 0.2) is 102 Å². The number of fused-ring (bicyclic) bond motifs is 3. The summed E-state index contributed by atoms with van der Waals surface area (Å²) in [6, 6.07) is 20.9. The minimum absolute atomic E-state index is 0.216. The molecular formula is C31H26O4. The number of hydrogen-bond donors (Lipinski definition) is 0. The van der Waals surface area contributed by atoms with Gasteiger partial charge in [0.05, 0.1) is 12.0 Å². The SMILES string of the molecule is C=CCCCOc1cccc(C(=O)c2oc3ccc4c(c3c2-c2ccccc2)OC(=C)C=C4C)c1. The van der Waals surface area contributed by atoms with Crippen molar-refractivity contribution in [2.24, 2.45) is 0 Å². The summed E-state index contributed by atoms with van der Waals surface area (Å²) in [4.78, 5) is 13.8. The second-order valence-electron chi connectivity index (χ2n) is 8.52. The second-order valence-corrected chi connectivity index (χ2v) is 8.52. The molecule has 0 bridgehead atoms. The Morgan fingerprint density at radius 1 is 1.06 bits per heavy atom. The minimum Gasteiger partial charge on any atom is -0.494 e. The third kappa shape index (κ3) is 4.31. The zero-order chi connectivity index (χ0) is 24.4. The van der Waals surface area contributed by atoms with Crippen LogP contribution >= 0.6 is 0 Å². The van der Waals surface area contributed by atoms with Gasteiger partial charge in [-0.1, -0.05) is 55.1 Å². The summed E-state index contributed by atoms with van der Waals surface area (Å²) in [5, 5.41) is 0.766. The number of furan rings is 1. The molecule has 1 aliphatic rings. The Balaban J connectivity index is 1.64. The fraction of sp³-hybridized carbons (Fsp3) is 0.129. The molecular weight excluding hydrogens is 436 g/mol. The van der Waals surface area contributed by atoms with Crippen molar-refractivity contribution in [3.63, 3.8) is 0 Å². The van der Waals surface area contributed by atoms with E-state index in [1.54, 1.807) is 12.1 Å². The van der Waals surface area contributed by atoms with Gasteiger partial charge in [0, 0.05) is 16.7 Å². The molecule has 0 amide bonds. The molecule has 35 heavy (non-hydrogen) atoms. The lowest BCUT2D eigenvalue weighted by atomic mass is 9.94. The number of ether oxygens (including phenoxy) is 2. The molecule has 0 N–H and O–H groups in total. The molecule has 0 saturated carbocycles. The summed E-state index contributed by atoms with van der Waals surface area (Å²) in [6.07, 6.45) is 5.52. The van der Waals surface area contributed by atoms with E-state index < -0.39 is 0 Å². The van der Waals surface area contributed by atoms with Gasteiger partial charge in [0.15, 0.2) is 5.76 Å². The third-order valence-electron chi connectivity index (χ3n) is 6.03. The first-order valence-electron chi connectivity index (χ1n) is 11.7. The molecule has 2 heterocycles. The van der Waals surface area contributed by atoms with Gasteiger partial charge in [0.1, 0.15) is 22.8 Å². The number of ketones is 1. The summed E-state index contributed by atoms with van der Waals surface area (Å²) < 4.78 is 18.2. The summed E-state index contributed by atoms with van der Waals surface area (Å²) in [5.41, 5.74) is 4.68. The van der Waals surface area contributed by atoms with Crippen molar-refractivity contribution in [1.29, 1.82) is 0 Å². The van der Waals surface area contributed by atoms with Crippen molar-refractivity contribution in [2.45, 2.75) is 19.8 Å². The van der Waals surface area contributed by atoms with E-state index in [4.69, 9.17) is 13.9 Å². The summed E-state index contributed by atoms with van der Waals surface area (Å²) in [6.45, 7) is 10.3. The number of benzene rings is 3. The quantitative estimate of drug-likeness (QED) is 0.151. The van der Waals surface area contributed by atoms with E-state index in [-0.39, 0.29) is 11.5 Å². The molecule has 0 spiro atoms. The average molecular weight is 463 g/mol. The molecule has 0 radical (unpaired) electrons. The molecule has 3 aromatic carbocycles. The maximum Gasteiger partial charge on any atom is 0.229 e. The van der Waals surface area contributed by atoms with E-state index in [1.165, 1.54) is 0 Å². The molecule has 0 fully saturated rings. The van der Waals surface area contributed by atoms with Crippen molar-refractivity contribution < 1.29 is 18.7 Å². The fourth-order valence-electron chi connectivity index (χ4n) is 4.37. The van der Waals surface area contributed by atoms with Crippen LogP contribution in [0.2, 0.25) is 0 Å². The van der Waals surface area contributed by atoms with Gasteiger partial charge in [0.2, 0.25) is 5.78 Å². The largest absolute Gasteiger partial charge is 0.494 e. The molecule has 1 aromatic heterocycles. The average Bonchev–Trinajstić information content (AvgIpc) is 3.27. The van der Waals surface area contributed by atoms with Crippen LogP contribution in [0.1, 0.15) is 41.4 Å². The predicted octanol–water partition coefficient (Wildman–Crippen LogP) is 7.99. The molecule has 0 atom stereocenters. The standard InChI is InChI=1S/C31H26O4/c1-4-5-9-17-33-24-14-10-13-23(19-24)29(32)31-27(22-11-7-6-8-12-22)28-26(35-31)16-15-25-20(2)18-21(3)34-30(25)28/h4,6-8,10-16,18-19H,1,3,5,9,17H2,2H3. The highest BCUT2D eigenvalue weighted by atomic mass is 16.5. The van der Waals surface area contributed by atoms with Crippen molar-refractivity contribution >= 4 is 22.3 Å². The summed E-state index contributed by atoms with van der Waals surface area (Å²) in [7, 11) is 0. The topological polar surface area (TPSA) is 48.7 Å². The van der Waals surface area contributed by atoms with Crippen LogP contribution in [0.5, 0.6) is 11.5 Å². The molecule has 0 aliphatic carbocycles. The Morgan fingerprint density at radius 3 is 2.69 bits per heavy atom. The van der Waals surface area contributed by atoms with E-state index in [1.807, 2.05) is 73.7 Å². The fourth-order valence-corrected chi connectivity index (χ4v) is 4.37. The van der Waals surface area contributed by atoms with Gasteiger partial charge in [0.25, 0.3) is 0 Å². The highest BCUT2D eigenvalue weighted by molar-refractivity contribution is 6.17. The van der Waals surface area contributed by atoms with Gasteiger partial charge >= 0.3 is 0 Å². The Morgan fingerprint density at radius 2 is 1.89 bits per heavy atom. The monoisotopic (exact) mass is 462 g/mol. The van der Waals surface area contributed by atoms with Crippen LogP contribution < -0.4 is 9.47 Å². The molecule has 4 nitrogen and oxygen atoms in total. The first-order valence-corrected chi connectivity index (χ1v) is 11.7. The predicted molar refractivity (Wildman–Crippen MR) is 140 cm³/mol. The molecule has 1 aliphatic heterocycles. The highest BCUT2D eigenvalue weighted by Gasteiger charge is 2.28. The lowest BCUT2D eigenvalue weighted by molar-refractivity contribution is 0.101. The van der Waals surface area contributed by atoms with E-state index in [0.717, 1.165) is 34.9 Å². The van der Waals surface area contributed by atoms with Crippen molar-refractivity contribution in [2.75, 3.05) is 6.61 Å². The van der Waals surface area contributed by atoms with Gasteiger partial charge < -0.3 is 13.9 Å². The van der Waals surface area contributed by atoms with Gasteiger partial charge in [-0.25, -0.2) is 0 Å². The maximum atomic E-state index is 13.8. The number of carbonyl (C=O) groups is 1. The lowest BCUT2D eigenvalue weighted by Crippen LogP contribution is -2.04. The van der Waals surface area contributed by atoms with Crippen LogP contribution in [-0.2, 0) is 0 Å². The Kier molecular flexibility index (Phi) is 6.11. The lowest BCUT2D eigenvalue weighted by Gasteiger charge is -2.18. The Labute approximate surface area is 204 Å². The third-order valence-corrected chi connectivity index (χ3v) is 6.03. The van der Waals surface area contributed by atoms with E-state index >= 15 is 0 Å². The molecule has 174 valence electrons. The van der Waals surface area contributed by atoms with E-state index in [0.29, 0.717) is 40.6 Å². The molecule has 5 rings (SSSR count). The maximum absolute atomic E-state index is 13.8. The zero-order valence-electron chi connectivity index (χ0n) is 19.7. The summed E-state index contributed by atoms with van der Waals surface area (Å²) >= 11 is 0. The zero-order valence-corrected chi connectivity index (χ0v) is 19.7. The first-order chi connectivity index (χ1) is 17.1. The first kappa shape index (κ1) is 22.5. The van der Waals surface area contributed by atoms with Crippen LogP contribution in [0, 0.1) is 0 Å². The molecule has 0 saturated heterocycles. The second kappa shape index (κ2) is 9.51. The van der Waals surface area contributed by atoms with Crippen LogP contribution in [0.4, 0.5) is 0 Å². The van der Waals surface area contributed by atoms with E-state index in [9.17, 15) is 4.79 Å². The highest BCUT2D eigenvalue weighted by Crippen LogP contribution is 2.46. The number of carbonyl (C=O) groups excluding carboxylic acids is 1. The van der Waals surface area contributed by atoms with Gasteiger partial charge in [-0.15, -0.1) is 6.58 Å². The van der Waals surface area contributed by atoms with Crippen molar-refractivity contribution in [1.82, 2.24) is 0 Å². The van der Waals surface area contributed by atoms with E-state index in [2.05, 4.69) is 13.2 Å². The number of rotatable bonds is 8. The van der Waals surface area contributed by atoms with Gasteiger partial charge in [-0.3, -0.25) is 4.79 Å². The normalized spacial score (nSPS) is 12.6. The van der Waals surface area contributed by atoms with Crippen LogP contribution in [0.3, 0.4) is 0 Å².